The number of hydrogen-bond acceptors (Lipinski definition) is 5. The fraction of sp³-hybridized carbons (Fsp3) is 0.615. The highest BCUT2D eigenvalue weighted by molar-refractivity contribution is 7.89. The molecule has 0 N–H and O–H groups in total. The van der Waals surface area contributed by atoms with E-state index >= 15 is 0 Å². The average Bonchev–Trinajstić information content (AvgIpc) is 2.60. The molecule has 1 saturated heterocycles. The van der Waals surface area contributed by atoms with Gasteiger partial charge in [0.25, 0.3) is 5.92 Å². The van der Waals surface area contributed by atoms with E-state index in [1.807, 2.05) is 13.8 Å². The Bertz CT molecular complexity index is 605. The van der Waals surface area contributed by atoms with Crippen molar-refractivity contribution >= 4 is 10.0 Å². The molecule has 0 bridgehead atoms. The first-order chi connectivity index (χ1) is 10.2. The SMILES string of the molecule is CC(C)Oc1ccc(S(=O)(=O)N2CCOCC(F)(F)C2)cn1. The normalized spacial score (nSPS) is 19.9. The highest BCUT2D eigenvalue weighted by atomic mass is 32.2. The van der Waals surface area contributed by atoms with Crippen LogP contribution in [-0.2, 0) is 14.8 Å². The predicted octanol–water partition coefficient (Wildman–Crippen LogP) is 1.53. The number of ether oxygens (including phenoxy) is 2. The summed E-state index contributed by atoms with van der Waals surface area (Å²) in [5, 5.41) is 0. The van der Waals surface area contributed by atoms with Crippen molar-refractivity contribution < 1.29 is 26.7 Å². The molecular weight excluding hydrogens is 318 g/mol. The topological polar surface area (TPSA) is 68.7 Å². The Hall–Kier alpha value is -1.32. The van der Waals surface area contributed by atoms with Crippen molar-refractivity contribution in [3.05, 3.63) is 18.3 Å². The first kappa shape index (κ1) is 17.0. The number of aromatic nitrogens is 1. The summed E-state index contributed by atoms with van der Waals surface area (Å²) >= 11 is 0. The van der Waals surface area contributed by atoms with Gasteiger partial charge in [0.15, 0.2) is 0 Å². The minimum atomic E-state index is -4.05. The summed E-state index contributed by atoms with van der Waals surface area (Å²) < 4.78 is 62.6. The van der Waals surface area contributed by atoms with Crippen LogP contribution >= 0.6 is 0 Å². The van der Waals surface area contributed by atoms with E-state index in [1.54, 1.807) is 0 Å². The molecule has 9 heteroatoms. The third-order valence-corrected chi connectivity index (χ3v) is 4.74. The van der Waals surface area contributed by atoms with Crippen LogP contribution in [0.25, 0.3) is 0 Å². The molecule has 2 rings (SSSR count). The maximum atomic E-state index is 13.5. The van der Waals surface area contributed by atoms with Crippen LogP contribution in [0.3, 0.4) is 0 Å². The largest absolute Gasteiger partial charge is 0.475 e. The Kier molecular flexibility index (Phi) is 4.98. The summed E-state index contributed by atoms with van der Waals surface area (Å²) in [6.07, 6.45) is 1.01. The molecule has 1 aromatic heterocycles. The molecule has 0 aliphatic carbocycles. The number of pyridine rings is 1. The molecule has 0 spiro atoms. The molecule has 2 heterocycles. The van der Waals surface area contributed by atoms with Gasteiger partial charge in [-0.05, 0) is 19.9 Å². The van der Waals surface area contributed by atoms with Crippen LogP contribution in [0.2, 0.25) is 0 Å². The van der Waals surface area contributed by atoms with Gasteiger partial charge < -0.3 is 9.47 Å². The van der Waals surface area contributed by atoms with Crippen LogP contribution < -0.4 is 4.74 Å². The van der Waals surface area contributed by atoms with Gasteiger partial charge in [0.05, 0.1) is 25.5 Å². The molecule has 0 aromatic carbocycles. The lowest BCUT2D eigenvalue weighted by molar-refractivity contribution is -0.0630. The maximum Gasteiger partial charge on any atom is 0.284 e. The third-order valence-electron chi connectivity index (χ3n) is 2.91. The van der Waals surface area contributed by atoms with Gasteiger partial charge in [0, 0.05) is 12.6 Å². The summed E-state index contributed by atoms with van der Waals surface area (Å²) in [5.41, 5.74) is 0. The van der Waals surface area contributed by atoms with Gasteiger partial charge in [0.1, 0.15) is 11.5 Å². The monoisotopic (exact) mass is 336 g/mol. The summed E-state index contributed by atoms with van der Waals surface area (Å²) in [7, 11) is -4.05. The van der Waals surface area contributed by atoms with Gasteiger partial charge in [0.2, 0.25) is 15.9 Å². The second-order valence-electron chi connectivity index (χ2n) is 5.25. The quantitative estimate of drug-likeness (QED) is 0.834. The molecule has 0 atom stereocenters. The molecule has 1 aliphatic rings. The first-order valence-electron chi connectivity index (χ1n) is 6.79. The molecule has 1 aliphatic heterocycles. The van der Waals surface area contributed by atoms with Crippen LogP contribution in [0.15, 0.2) is 23.2 Å². The second kappa shape index (κ2) is 6.43. The van der Waals surface area contributed by atoms with Crippen LogP contribution in [0, 0.1) is 0 Å². The zero-order valence-electron chi connectivity index (χ0n) is 12.3. The molecule has 0 saturated carbocycles. The summed E-state index contributed by atoms with van der Waals surface area (Å²) in [4.78, 5) is 3.74. The van der Waals surface area contributed by atoms with Crippen LogP contribution in [-0.4, -0.2) is 56.0 Å². The van der Waals surface area contributed by atoms with Gasteiger partial charge in [-0.25, -0.2) is 22.2 Å². The van der Waals surface area contributed by atoms with Crippen LogP contribution in [0.5, 0.6) is 5.88 Å². The van der Waals surface area contributed by atoms with E-state index in [1.165, 1.54) is 12.1 Å². The fourth-order valence-corrected chi connectivity index (χ4v) is 3.35. The third kappa shape index (κ3) is 4.11. The zero-order chi connectivity index (χ0) is 16.4. The molecule has 1 aromatic rings. The van der Waals surface area contributed by atoms with E-state index in [4.69, 9.17) is 9.47 Å². The van der Waals surface area contributed by atoms with Crippen LogP contribution in [0.4, 0.5) is 8.78 Å². The Labute approximate surface area is 128 Å². The zero-order valence-corrected chi connectivity index (χ0v) is 13.1. The molecule has 1 fully saturated rings. The van der Waals surface area contributed by atoms with Gasteiger partial charge >= 0.3 is 0 Å². The van der Waals surface area contributed by atoms with Crippen molar-refractivity contribution in [1.82, 2.24) is 9.29 Å². The number of sulfonamides is 1. The number of halogens is 2. The van der Waals surface area contributed by atoms with Gasteiger partial charge in [-0.1, -0.05) is 0 Å². The Morgan fingerprint density at radius 1 is 1.41 bits per heavy atom. The second-order valence-corrected chi connectivity index (χ2v) is 7.18. The van der Waals surface area contributed by atoms with E-state index < -0.39 is 29.1 Å². The summed E-state index contributed by atoms with van der Waals surface area (Å²) in [6, 6.07) is 2.70. The highest BCUT2D eigenvalue weighted by Gasteiger charge is 2.39. The lowest BCUT2D eigenvalue weighted by Gasteiger charge is -2.22. The molecule has 6 nitrogen and oxygen atoms in total. The summed E-state index contributed by atoms with van der Waals surface area (Å²) in [5.74, 6) is -2.93. The maximum absolute atomic E-state index is 13.5. The molecule has 0 unspecified atom stereocenters. The van der Waals surface area contributed by atoms with Crippen molar-refractivity contribution in [2.45, 2.75) is 30.8 Å². The lowest BCUT2D eigenvalue weighted by Crippen LogP contribution is -2.41. The number of nitrogens with zero attached hydrogens (tertiary/aromatic N) is 2. The number of alkyl halides is 2. The van der Waals surface area contributed by atoms with E-state index in [0.29, 0.717) is 0 Å². The van der Waals surface area contributed by atoms with Gasteiger partial charge in [-0.2, -0.15) is 4.31 Å². The molecule has 0 radical (unpaired) electrons. The number of hydrogen-bond donors (Lipinski definition) is 0. The van der Waals surface area contributed by atoms with Crippen molar-refractivity contribution in [3.63, 3.8) is 0 Å². The molecule has 22 heavy (non-hydrogen) atoms. The smallest absolute Gasteiger partial charge is 0.284 e. The fourth-order valence-electron chi connectivity index (χ4n) is 1.96. The highest BCUT2D eigenvalue weighted by Crippen LogP contribution is 2.24. The van der Waals surface area contributed by atoms with E-state index in [-0.39, 0.29) is 30.0 Å². The Balaban J connectivity index is 2.22. The molecule has 124 valence electrons. The van der Waals surface area contributed by atoms with E-state index in [9.17, 15) is 17.2 Å². The molecular formula is C13H18F2N2O4S. The van der Waals surface area contributed by atoms with Crippen molar-refractivity contribution in [2.24, 2.45) is 0 Å². The van der Waals surface area contributed by atoms with E-state index in [0.717, 1.165) is 10.5 Å². The van der Waals surface area contributed by atoms with Crippen molar-refractivity contribution in [3.8, 4) is 5.88 Å². The Morgan fingerprint density at radius 3 is 2.73 bits per heavy atom. The standard InChI is InChI=1S/C13H18F2N2O4S/c1-10(2)21-12-4-3-11(7-16-12)22(18,19)17-5-6-20-9-13(14,15)8-17/h3-4,7,10H,5-6,8-9H2,1-2H3. The van der Waals surface area contributed by atoms with Gasteiger partial charge in [-0.3, -0.25) is 0 Å². The molecule has 0 amide bonds. The van der Waals surface area contributed by atoms with Crippen molar-refractivity contribution in [2.75, 3.05) is 26.3 Å². The minimum Gasteiger partial charge on any atom is -0.475 e. The lowest BCUT2D eigenvalue weighted by atomic mass is 10.4. The van der Waals surface area contributed by atoms with Gasteiger partial charge in [-0.15, -0.1) is 0 Å². The summed E-state index contributed by atoms with van der Waals surface area (Å²) in [6.45, 7) is 1.74. The first-order valence-corrected chi connectivity index (χ1v) is 8.23. The van der Waals surface area contributed by atoms with Crippen molar-refractivity contribution in [1.29, 1.82) is 0 Å². The number of rotatable bonds is 4. The van der Waals surface area contributed by atoms with Crippen LogP contribution in [0.1, 0.15) is 13.8 Å². The minimum absolute atomic E-state index is 0.0726. The van der Waals surface area contributed by atoms with E-state index in [2.05, 4.69) is 4.98 Å². The predicted molar refractivity (Wildman–Crippen MR) is 74.5 cm³/mol. The Morgan fingerprint density at radius 2 is 2.14 bits per heavy atom. The average molecular weight is 336 g/mol.